The molecular weight excluding hydrogens is 302 g/mol. The van der Waals surface area contributed by atoms with Crippen molar-refractivity contribution >= 4 is 11.6 Å². The molecule has 0 aliphatic heterocycles. The van der Waals surface area contributed by atoms with Crippen LogP contribution in [-0.2, 0) is 12.8 Å². The highest BCUT2D eigenvalue weighted by Gasteiger charge is 2.16. The third-order valence-electron chi connectivity index (χ3n) is 4.37. The summed E-state index contributed by atoms with van der Waals surface area (Å²) < 4.78 is 10.8. The summed E-state index contributed by atoms with van der Waals surface area (Å²) >= 11 is 0. The zero-order valence-corrected chi connectivity index (χ0v) is 14.2. The Morgan fingerprint density at radius 1 is 1.12 bits per heavy atom. The van der Waals surface area contributed by atoms with Gasteiger partial charge in [0.05, 0.1) is 13.7 Å². The molecule has 1 aliphatic rings. The number of nitrogens with one attached hydrogen (secondary N) is 1. The van der Waals surface area contributed by atoms with Gasteiger partial charge in [-0.25, -0.2) is 0 Å². The molecule has 4 nitrogen and oxygen atoms in total. The number of carbonyl (C=O) groups excluding carboxylic acids is 1. The fourth-order valence-corrected chi connectivity index (χ4v) is 3.18. The molecule has 0 aromatic heterocycles. The van der Waals surface area contributed by atoms with Gasteiger partial charge in [-0.15, -0.1) is 0 Å². The van der Waals surface area contributed by atoms with E-state index in [1.54, 1.807) is 25.3 Å². The third kappa shape index (κ3) is 3.37. The quantitative estimate of drug-likeness (QED) is 0.895. The van der Waals surface area contributed by atoms with Crippen LogP contribution in [0.3, 0.4) is 0 Å². The van der Waals surface area contributed by atoms with Crippen molar-refractivity contribution in [2.24, 2.45) is 0 Å². The Morgan fingerprint density at radius 2 is 1.96 bits per heavy atom. The standard InChI is InChI=1S/C20H23NO3/c1-3-24-18-12-11-15(13-19(18)23-2)20(22)21-17-10-6-8-14-7-4-5-9-16(14)17/h6,8,10-13H,3-5,7,9H2,1-2H3,(H,21,22). The normalized spacial score (nSPS) is 13.1. The van der Waals surface area contributed by atoms with Crippen LogP contribution in [0.5, 0.6) is 11.5 Å². The van der Waals surface area contributed by atoms with Crippen LogP contribution >= 0.6 is 0 Å². The second kappa shape index (κ2) is 7.39. The number of methoxy groups -OCH3 is 1. The average Bonchev–Trinajstić information content (AvgIpc) is 2.62. The SMILES string of the molecule is CCOc1ccc(C(=O)Nc2cccc3c2CCCC3)cc1OC. The van der Waals surface area contributed by atoms with Gasteiger partial charge in [0.25, 0.3) is 5.91 Å². The Labute approximate surface area is 142 Å². The monoisotopic (exact) mass is 325 g/mol. The molecule has 1 aliphatic carbocycles. The fraction of sp³-hybridized carbons (Fsp3) is 0.350. The van der Waals surface area contributed by atoms with Crippen molar-refractivity contribution in [3.63, 3.8) is 0 Å². The van der Waals surface area contributed by atoms with E-state index >= 15 is 0 Å². The van der Waals surface area contributed by atoms with Crippen LogP contribution in [0.4, 0.5) is 5.69 Å². The largest absolute Gasteiger partial charge is 0.493 e. The number of anilines is 1. The lowest BCUT2D eigenvalue weighted by Gasteiger charge is -2.19. The number of aryl methyl sites for hydroxylation is 1. The first kappa shape index (κ1) is 16.4. The van der Waals surface area contributed by atoms with Crippen LogP contribution in [0.2, 0.25) is 0 Å². The highest BCUT2D eigenvalue weighted by atomic mass is 16.5. The Bertz CT molecular complexity index is 740. The van der Waals surface area contributed by atoms with Crippen LogP contribution in [0, 0.1) is 0 Å². The molecular formula is C20H23NO3. The fourth-order valence-electron chi connectivity index (χ4n) is 3.18. The molecule has 3 rings (SSSR count). The van der Waals surface area contributed by atoms with Gasteiger partial charge in [0.1, 0.15) is 0 Å². The molecule has 0 spiro atoms. The van der Waals surface area contributed by atoms with Crippen molar-refractivity contribution in [3.8, 4) is 11.5 Å². The van der Waals surface area contributed by atoms with Crippen LogP contribution in [0.25, 0.3) is 0 Å². The lowest BCUT2D eigenvalue weighted by Crippen LogP contribution is -2.15. The highest BCUT2D eigenvalue weighted by Crippen LogP contribution is 2.30. The molecule has 0 fully saturated rings. The molecule has 24 heavy (non-hydrogen) atoms. The van der Waals surface area contributed by atoms with Gasteiger partial charge >= 0.3 is 0 Å². The van der Waals surface area contributed by atoms with Crippen molar-refractivity contribution in [2.45, 2.75) is 32.6 Å². The number of amides is 1. The summed E-state index contributed by atoms with van der Waals surface area (Å²) in [5, 5.41) is 3.05. The average molecular weight is 325 g/mol. The van der Waals surface area contributed by atoms with Gasteiger partial charge < -0.3 is 14.8 Å². The number of rotatable bonds is 5. The van der Waals surface area contributed by atoms with E-state index in [1.165, 1.54) is 24.0 Å². The van der Waals surface area contributed by atoms with Gasteiger partial charge in [-0.05, 0) is 68.0 Å². The van der Waals surface area contributed by atoms with Gasteiger partial charge in [-0.3, -0.25) is 4.79 Å². The van der Waals surface area contributed by atoms with E-state index in [0.29, 0.717) is 23.7 Å². The molecule has 2 aromatic carbocycles. The third-order valence-corrected chi connectivity index (χ3v) is 4.37. The Hall–Kier alpha value is -2.49. The van der Waals surface area contributed by atoms with Crippen LogP contribution < -0.4 is 14.8 Å². The minimum atomic E-state index is -0.129. The first-order chi connectivity index (χ1) is 11.7. The summed E-state index contributed by atoms with van der Waals surface area (Å²) in [7, 11) is 1.58. The van der Waals surface area contributed by atoms with Crippen LogP contribution in [0.15, 0.2) is 36.4 Å². The summed E-state index contributed by atoms with van der Waals surface area (Å²) in [4.78, 5) is 12.6. The van der Waals surface area contributed by atoms with Crippen molar-refractivity contribution in [1.82, 2.24) is 0 Å². The number of carbonyl (C=O) groups is 1. The molecule has 0 heterocycles. The summed E-state index contributed by atoms with van der Waals surface area (Å²) in [6.07, 6.45) is 4.52. The number of hydrogen-bond acceptors (Lipinski definition) is 3. The first-order valence-electron chi connectivity index (χ1n) is 8.46. The van der Waals surface area contributed by atoms with Gasteiger partial charge in [0, 0.05) is 11.3 Å². The summed E-state index contributed by atoms with van der Waals surface area (Å²) in [5.74, 6) is 1.09. The molecule has 1 amide bonds. The Balaban J connectivity index is 1.83. The predicted molar refractivity (Wildman–Crippen MR) is 95.2 cm³/mol. The van der Waals surface area contributed by atoms with E-state index in [9.17, 15) is 4.79 Å². The number of fused-ring (bicyclic) bond motifs is 1. The molecule has 0 atom stereocenters. The van der Waals surface area contributed by atoms with Crippen LogP contribution in [-0.4, -0.2) is 19.6 Å². The van der Waals surface area contributed by atoms with E-state index in [2.05, 4.69) is 11.4 Å². The predicted octanol–water partition coefficient (Wildman–Crippen LogP) is 4.23. The topological polar surface area (TPSA) is 47.6 Å². The number of benzene rings is 2. The van der Waals surface area contributed by atoms with Gasteiger partial charge in [0.2, 0.25) is 0 Å². The van der Waals surface area contributed by atoms with E-state index < -0.39 is 0 Å². The molecule has 126 valence electrons. The molecule has 2 aromatic rings. The Kier molecular flexibility index (Phi) is 5.04. The van der Waals surface area contributed by atoms with E-state index in [0.717, 1.165) is 18.5 Å². The van der Waals surface area contributed by atoms with Crippen molar-refractivity contribution < 1.29 is 14.3 Å². The molecule has 0 radical (unpaired) electrons. The molecule has 1 N–H and O–H groups in total. The van der Waals surface area contributed by atoms with E-state index in [-0.39, 0.29) is 5.91 Å². The molecule has 0 unspecified atom stereocenters. The highest BCUT2D eigenvalue weighted by molar-refractivity contribution is 6.05. The van der Waals surface area contributed by atoms with E-state index in [1.807, 2.05) is 19.1 Å². The zero-order valence-electron chi connectivity index (χ0n) is 14.2. The first-order valence-corrected chi connectivity index (χ1v) is 8.46. The minimum Gasteiger partial charge on any atom is -0.493 e. The number of ether oxygens (including phenoxy) is 2. The van der Waals surface area contributed by atoms with Crippen molar-refractivity contribution in [1.29, 1.82) is 0 Å². The van der Waals surface area contributed by atoms with Gasteiger partial charge in [0.15, 0.2) is 11.5 Å². The maximum atomic E-state index is 12.6. The second-order valence-electron chi connectivity index (χ2n) is 5.90. The molecule has 0 saturated carbocycles. The lowest BCUT2D eigenvalue weighted by molar-refractivity contribution is 0.102. The zero-order chi connectivity index (χ0) is 16.9. The van der Waals surface area contributed by atoms with E-state index in [4.69, 9.17) is 9.47 Å². The Morgan fingerprint density at radius 3 is 2.75 bits per heavy atom. The number of hydrogen-bond donors (Lipinski definition) is 1. The smallest absolute Gasteiger partial charge is 0.255 e. The molecule has 0 bridgehead atoms. The lowest BCUT2D eigenvalue weighted by atomic mass is 9.90. The molecule has 0 saturated heterocycles. The maximum Gasteiger partial charge on any atom is 0.255 e. The second-order valence-corrected chi connectivity index (χ2v) is 5.90. The van der Waals surface area contributed by atoms with Crippen molar-refractivity contribution in [2.75, 3.05) is 19.0 Å². The maximum absolute atomic E-state index is 12.6. The van der Waals surface area contributed by atoms with Crippen molar-refractivity contribution in [3.05, 3.63) is 53.1 Å². The summed E-state index contributed by atoms with van der Waals surface area (Å²) in [6, 6.07) is 11.4. The van der Waals surface area contributed by atoms with Gasteiger partial charge in [-0.1, -0.05) is 12.1 Å². The molecule has 4 heteroatoms. The van der Waals surface area contributed by atoms with Gasteiger partial charge in [-0.2, -0.15) is 0 Å². The summed E-state index contributed by atoms with van der Waals surface area (Å²) in [5.41, 5.74) is 4.10. The van der Waals surface area contributed by atoms with Crippen LogP contribution in [0.1, 0.15) is 41.3 Å². The summed E-state index contributed by atoms with van der Waals surface area (Å²) in [6.45, 7) is 2.47. The minimum absolute atomic E-state index is 0.129.